The lowest BCUT2D eigenvalue weighted by Crippen LogP contribution is -2.01. The first-order chi connectivity index (χ1) is 11.5. The maximum Gasteiger partial charge on any atom is 0.336 e. The van der Waals surface area contributed by atoms with Gasteiger partial charge in [0.05, 0.1) is 31.0 Å². The number of halogens is 1. The van der Waals surface area contributed by atoms with Crippen LogP contribution in [0.2, 0.25) is 0 Å². The minimum Gasteiger partial charge on any atom is -0.493 e. The number of aromatic nitrogens is 1. The topological polar surface area (TPSA) is 68.7 Å². The summed E-state index contributed by atoms with van der Waals surface area (Å²) in [7, 11) is 3.11. The molecule has 0 saturated heterocycles. The number of carboxylic acids is 1. The number of benzene rings is 2. The van der Waals surface area contributed by atoms with Gasteiger partial charge in [0.25, 0.3) is 0 Å². The summed E-state index contributed by atoms with van der Waals surface area (Å²) in [5.41, 5.74) is 2.09. The van der Waals surface area contributed by atoms with Gasteiger partial charge >= 0.3 is 5.97 Å². The fourth-order valence-corrected chi connectivity index (χ4v) is 2.99. The van der Waals surface area contributed by atoms with E-state index in [0.29, 0.717) is 28.1 Å². The maximum absolute atomic E-state index is 11.6. The van der Waals surface area contributed by atoms with Crippen molar-refractivity contribution >= 4 is 32.8 Å². The van der Waals surface area contributed by atoms with Crippen molar-refractivity contribution in [2.45, 2.75) is 0 Å². The van der Waals surface area contributed by atoms with E-state index in [4.69, 9.17) is 9.47 Å². The SMILES string of the molecule is COc1ccc(-c2cc(C(=O)O)c3cccc(Br)c3n2)cc1OC. The third-order valence-electron chi connectivity index (χ3n) is 3.70. The Labute approximate surface area is 147 Å². The first-order valence-electron chi connectivity index (χ1n) is 7.10. The number of para-hydroxylation sites is 1. The highest BCUT2D eigenvalue weighted by molar-refractivity contribution is 9.10. The maximum atomic E-state index is 11.6. The van der Waals surface area contributed by atoms with Gasteiger partial charge in [-0.1, -0.05) is 12.1 Å². The molecular weight excluding hydrogens is 374 g/mol. The highest BCUT2D eigenvalue weighted by Gasteiger charge is 2.15. The van der Waals surface area contributed by atoms with Crippen molar-refractivity contribution in [3.8, 4) is 22.8 Å². The summed E-state index contributed by atoms with van der Waals surface area (Å²) < 4.78 is 11.3. The number of rotatable bonds is 4. The molecule has 3 aromatic rings. The first-order valence-corrected chi connectivity index (χ1v) is 7.89. The molecule has 0 aliphatic rings. The van der Waals surface area contributed by atoms with E-state index >= 15 is 0 Å². The number of methoxy groups -OCH3 is 2. The van der Waals surface area contributed by atoms with Crippen LogP contribution in [0.5, 0.6) is 11.5 Å². The highest BCUT2D eigenvalue weighted by Crippen LogP contribution is 2.34. The van der Waals surface area contributed by atoms with Gasteiger partial charge in [0.15, 0.2) is 11.5 Å². The molecule has 0 aliphatic heterocycles. The predicted molar refractivity (Wildman–Crippen MR) is 94.9 cm³/mol. The van der Waals surface area contributed by atoms with E-state index in [1.54, 1.807) is 44.6 Å². The van der Waals surface area contributed by atoms with Crippen LogP contribution in [0, 0.1) is 0 Å². The number of ether oxygens (including phenoxy) is 2. The Bertz CT molecular complexity index is 940. The van der Waals surface area contributed by atoms with Crippen molar-refractivity contribution < 1.29 is 19.4 Å². The fraction of sp³-hybridized carbons (Fsp3) is 0.111. The van der Waals surface area contributed by atoms with E-state index < -0.39 is 5.97 Å². The van der Waals surface area contributed by atoms with Crippen LogP contribution >= 0.6 is 15.9 Å². The average Bonchev–Trinajstić information content (AvgIpc) is 2.60. The Kier molecular flexibility index (Phi) is 4.40. The molecule has 0 bridgehead atoms. The molecule has 0 amide bonds. The Morgan fingerprint density at radius 2 is 1.83 bits per heavy atom. The minimum atomic E-state index is -0.998. The second-order valence-electron chi connectivity index (χ2n) is 5.07. The lowest BCUT2D eigenvalue weighted by molar-refractivity contribution is 0.0699. The number of carboxylic acid groups (broad SMARTS) is 1. The third kappa shape index (κ3) is 2.80. The lowest BCUT2D eigenvalue weighted by Gasteiger charge is -2.11. The molecular formula is C18H14BrNO4. The van der Waals surface area contributed by atoms with E-state index in [2.05, 4.69) is 20.9 Å². The van der Waals surface area contributed by atoms with Crippen molar-refractivity contribution in [3.05, 3.63) is 52.5 Å². The number of aromatic carboxylic acids is 1. The number of pyridine rings is 1. The summed E-state index contributed by atoms with van der Waals surface area (Å²) in [6.07, 6.45) is 0. The van der Waals surface area contributed by atoms with Crippen LogP contribution in [0.15, 0.2) is 46.9 Å². The Morgan fingerprint density at radius 1 is 1.08 bits per heavy atom. The average molecular weight is 388 g/mol. The van der Waals surface area contributed by atoms with Crippen molar-refractivity contribution in [2.24, 2.45) is 0 Å². The van der Waals surface area contributed by atoms with E-state index in [9.17, 15) is 9.90 Å². The lowest BCUT2D eigenvalue weighted by atomic mass is 10.0. The van der Waals surface area contributed by atoms with Crippen molar-refractivity contribution in [1.29, 1.82) is 0 Å². The zero-order chi connectivity index (χ0) is 17.3. The first kappa shape index (κ1) is 16.3. The van der Waals surface area contributed by atoms with Gasteiger partial charge in [-0.3, -0.25) is 0 Å². The molecule has 1 heterocycles. The minimum absolute atomic E-state index is 0.200. The summed E-state index contributed by atoms with van der Waals surface area (Å²) in [5.74, 6) is 0.157. The molecule has 0 radical (unpaired) electrons. The Hall–Kier alpha value is -2.60. The molecule has 0 spiro atoms. The van der Waals surface area contributed by atoms with E-state index in [0.717, 1.165) is 10.0 Å². The number of hydrogen-bond donors (Lipinski definition) is 1. The summed E-state index contributed by atoms with van der Waals surface area (Å²) in [5, 5.41) is 10.1. The summed E-state index contributed by atoms with van der Waals surface area (Å²) in [4.78, 5) is 16.3. The summed E-state index contributed by atoms with van der Waals surface area (Å²) in [6.45, 7) is 0. The van der Waals surface area contributed by atoms with E-state index in [-0.39, 0.29) is 5.56 Å². The van der Waals surface area contributed by atoms with Crippen LogP contribution in [-0.4, -0.2) is 30.3 Å². The van der Waals surface area contributed by atoms with Crippen LogP contribution in [0.25, 0.3) is 22.2 Å². The molecule has 6 heteroatoms. The fourth-order valence-electron chi connectivity index (χ4n) is 2.53. The van der Waals surface area contributed by atoms with Crippen molar-refractivity contribution in [1.82, 2.24) is 4.98 Å². The van der Waals surface area contributed by atoms with Crippen LogP contribution in [0.1, 0.15) is 10.4 Å². The van der Waals surface area contributed by atoms with Crippen molar-refractivity contribution in [2.75, 3.05) is 14.2 Å². The van der Waals surface area contributed by atoms with Crippen LogP contribution in [0.3, 0.4) is 0 Å². The molecule has 0 fully saturated rings. The van der Waals surface area contributed by atoms with Gasteiger partial charge in [0.1, 0.15) is 0 Å². The zero-order valence-electron chi connectivity index (χ0n) is 13.0. The number of hydrogen-bond acceptors (Lipinski definition) is 4. The number of fused-ring (bicyclic) bond motifs is 1. The second-order valence-corrected chi connectivity index (χ2v) is 5.92. The molecule has 24 heavy (non-hydrogen) atoms. The largest absolute Gasteiger partial charge is 0.493 e. The molecule has 122 valence electrons. The molecule has 0 aliphatic carbocycles. The third-order valence-corrected chi connectivity index (χ3v) is 4.34. The molecule has 3 rings (SSSR count). The Balaban J connectivity index is 2.27. The molecule has 2 aromatic carbocycles. The van der Waals surface area contributed by atoms with Gasteiger partial charge in [-0.15, -0.1) is 0 Å². The Morgan fingerprint density at radius 3 is 2.50 bits per heavy atom. The summed E-state index contributed by atoms with van der Waals surface area (Å²) >= 11 is 3.44. The molecule has 5 nitrogen and oxygen atoms in total. The monoisotopic (exact) mass is 387 g/mol. The number of carbonyl (C=O) groups is 1. The van der Waals surface area contributed by atoms with Gasteiger partial charge in [-0.05, 0) is 46.3 Å². The van der Waals surface area contributed by atoms with Gasteiger partial charge in [0.2, 0.25) is 0 Å². The van der Waals surface area contributed by atoms with E-state index in [1.807, 2.05) is 12.1 Å². The molecule has 1 N–H and O–H groups in total. The quantitative estimate of drug-likeness (QED) is 0.719. The second kappa shape index (κ2) is 6.49. The zero-order valence-corrected chi connectivity index (χ0v) is 14.6. The van der Waals surface area contributed by atoms with Gasteiger partial charge in [-0.2, -0.15) is 0 Å². The molecule has 0 unspecified atom stereocenters. The standard InChI is InChI=1S/C18H14BrNO4/c1-23-15-7-6-10(8-16(15)24-2)14-9-12(18(21)22)11-4-3-5-13(19)17(11)20-14/h3-9H,1-2H3,(H,21,22). The van der Waals surface area contributed by atoms with Gasteiger partial charge < -0.3 is 14.6 Å². The van der Waals surface area contributed by atoms with Crippen molar-refractivity contribution in [3.63, 3.8) is 0 Å². The van der Waals surface area contributed by atoms with E-state index in [1.165, 1.54) is 0 Å². The molecule has 0 saturated carbocycles. The smallest absolute Gasteiger partial charge is 0.336 e. The highest BCUT2D eigenvalue weighted by atomic mass is 79.9. The van der Waals surface area contributed by atoms with Gasteiger partial charge in [-0.25, -0.2) is 9.78 Å². The summed E-state index contributed by atoms with van der Waals surface area (Å²) in [6, 6.07) is 12.3. The van der Waals surface area contributed by atoms with Crippen LogP contribution in [-0.2, 0) is 0 Å². The van der Waals surface area contributed by atoms with Crippen LogP contribution in [0.4, 0.5) is 0 Å². The number of nitrogens with zero attached hydrogens (tertiary/aromatic N) is 1. The molecule has 1 aromatic heterocycles. The predicted octanol–water partition coefficient (Wildman–Crippen LogP) is 4.38. The molecule has 0 atom stereocenters. The normalized spacial score (nSPS) is 10.6. The van der Waals surface area contributed by atoms with Crippen LogP contribution < -0.4 is 9.47 Å². The van der Waals surface area contributed by atoms with Gasteiger partial charge in [0, 0.05) is 15.4 Å².